The molecule has 0 saturated carbocycles. The van der Waals surface area contributed by atoms with Gasteiger partial charge >= 0.3 is 0 Å². The average Bonchev–Trinajstić information content (AvgIpc) is 2.53. The molecule has 0 fully saturated rings. The van der Waals surface area contributed by atoms with Crippen molar-refractivity contribution in [3.63, 3.8) is 0 Å². The second kappa shape index (κ2) is 4.50. The highest BCUT2D eigenvalue weighted by Crippen LogP contribution is 2.30. The number of hydrogen-bond acceptors (Lipinski definition) is 1. The summed E-state index contributed by atoms with van der Waals surface area (Å²) in [6, 6.07) is 2.17. The molecule has 1 heteroatoms. The van der Waals surface area contributed by atoms with E-state index in [2.05, 4.69) is 33.8 Å². The van der Waals surface area contributed by atoms with Crippen molar-refractivity contribution in [1.29, 1.82) is 0 Å². The second-order valence-corrected chi connectivity index (χ2v) is 3.93. The van der Waals surface area contributed by atoms with E-state index in [1.54, 1.807) is 0 Å². The molecule has 1 rings (SSSR count). The summed E-state index contributed by atoms with van der Waals surface area (Å²) in [5.74, 6) is 2.48. The van der Waals surface area contributed by atoms with Gasteiger partial charge in [0, 0.05) is 5.92 Å². The topological polar surface area (TPSA) is 13.1 Å². The molecule has 2 atom stereocenters. The van der Waals surface area contributed by atoms with Gasteiger partial charge < -0.3 is 4.42 Å². The maximum absolute atomic E-state index is 5.54. The van der Waals surface area contributed by atoms with Gasteiger partial charge in [-0.3, -0.25) is 0 Å². The Kier molecular flexibility index (Phi) is 3.58. The first-order valence-corrected chi connectivity index (χ1v) is 5.24. The predicted molar refractivity (Wildman–Crippen MR) is 55.9 cm³/mol. The fraction of sp³-hybridized carbons (Fsp3) is 0.667. The van der Waals surface area contributed by atoms with Gasteiger partial charge in [0.1, 0.15) is 5.76 Å². The van der Waals surface area contributed by atoms with Crippen LogP contribution in [0.2, 0.25) is 0 Å². The van der Waals surface area contributed by atoms with Gasteiger partial charge in [0.05, 0.1) is 6.26 Å². The Bertz CT molecular complexity index is 249. The smallest absolute Gasteiger partial charge is 0.107 e. The lowest BCUT2D eigenvalue weighted by atomic mass is 9.87. The molecule has 1 nitrogen and oxygen atoms in total. The molecule has 74 valence electrons. The summed E-state index contributed by atoms with van der Waals surface area (Å²) in [5, 5.41) is 0. The van der Waals surface area contributed by atoms with Gasteiger partial charge in [0.25, 0.3) is 0 Å². The van der Waals surface area contributed by atoms with Crippen LogP contribution in [0.5, 0.6) is 0 Å². The molecule has 0 aliphatic rings. The molecule has 13 heavy (non-hydrogen) atoms. The third-order valence-electron chi connectivity index (χ3n) is 2.89. The fourth-order valence-electron chi connectivity index (χ4n) is 1.82. The molecule has 0 amide bonds. The highest BCUT2D eigenvalue weighted by Gasteiger charge is 2.18. The van der Waals surface area contributed by atoms with Crippen LogP contribution in [0.25, 0.3) is 0 Å². The van der Waals surface area contributed by atoms with Gasteiger partial charge in [-0.05, 0) is 30.9 Å². The van der Waals surface area contributed by atoms with E-state index in [4.69, 9.17) is 4.42 Å². The Labute approximate surface area is 81.1 Å². The Balaban J connectivity index is 2.77. The molecule has 0 saturated heterocycles. The lowest BCUT2D eigenvalue weighted by molar-refractivity contribution is 0.361. The molecule has 1 unspecified atom stereocenters. The molecule has 0 spiro atoms. The summed E-state index contributed by atoms with van der Waals surface area (Å²) in [6.07, 6.45) is 4.24. The van der Waals surface area contributed by atoms with Crippen molar-refractivity contribution in [1.82, 2.24) is 0 Å². The first-order valence-electron chi connectivity index (χ1n) is 5.24. The summed E-state index contributed by atoms with van der Waals surface area (Å²) in [4.78, 5) is 0. The van der Waals surface area contributed by atoms with Crippen LogP contribution in [0.1, 0.15) is 50.9 Å². The Hall–Kier alpha value is -0.720. The van der Waals surface area contributed by atoms with Crippen LogP contribution < -0.4 is 0 Å². The van der Waals surface area contributed by atoms with E-state index in [0.717, 1.165) is 11.7 Å². The summed E-state index contributed by atoms with van der Waals surface area (Å²) in [6.45, 7) is 8.85. The van der Waals surface area contributed by atoms with E-state index in [9.17, 15) is 0 Å². The Morgan fingerprint density at radius 2 is 2.00 bits per heavy atom. The van der Waals surface area contributed by atoms with Crippen LogP contribution in [0.15, 0.2) is 16.7 Å². The standard InChI is InChI=1S/C12H20O/c1-5-10(4)11(6-2)12-7-9(3)8-13-12/h7-8,10-11H,5-6H2,1-4H3/t10?,11-/m0/s1. The van der Waals surface area contributed by atoms with Crippen molar-refractivity contribution in [2.75, 3.05) is 0 Å². The lowest BCUT2D eigenvalue weighted by Crippen LogP contribution is -2.06. The second-order valence-electron chi connectivity index (χ2n) is 3.93. The van der Waals surface area contributed by atoms with Crippen LogP contribution in [-0.2, 0) is 0 Å². The van der Waals surface area contributed by atoms with E-state index < -0.39 is 0 Å². The molecule has 1 aromatic heterocycles. The highest BCUT2D eigenvalue weighted by atomic mass is 16.3. The van der Waals surface area contributed by atoms with Crippen molar-refractivity contribution in [2.24, 2.45) is 5.92 Å². The minimum atomic E-state index is 0.596. The summed E-state index contributed by atoms with van der Waals surface area (Å²) in [7, 11) is 0. The molecule has 0 bridgehead atoms. The summed E-state index contributed by atoms with van der Waals surface area (Å²) < 4.78 is 5.54. The number of furan rings is 1. The van der Waals surface area contributed by atoms with Crippen LogP contribution in [0.4, 0.5) is 0 Å². The minimum absolute atomic E-state index is 0.596. The van der Waals surface area contributed by atoms with Gasteiger partial charge in [-0.1, -0.05) is 27.2 Å². The van der Waals surface area contributed by atoms with E-state index in [0.29, 0.717) is 5.92 Å². The van der Waals surface area contributed by atoms with E-state index in [1.165, 1.54) is 18.4 Å². The molecular formula is C12H20O. The third-order valence-corrected chi connectivity index (χ3v) is 2.89. The fourth-order valence-corrected chi connectivity index (χ4v) is 1.82. The monoisotopic (exact) mass is 180 g/mol. The number of hydrogen-bond donors (Lipinski definition) is 0. The molecule has 0 aromatic carbocycles. The van der Waals surface area contributed by atoms with Crippen LogP contribution in [-0.4, -0.2) is 0 Å². The zero-order valence-electron chi connectivity index (χ0n) is 9.13. The summed E-state index contributed by atoms with van der Waals surface area (Å²) in [5.41, 5.74) is 1.23. The quantitative estimate of drug-likeness (QED) is 0.679. The molecule has 1 aromatic rings. The predicted octanol–water partition coefficient (Wildman–Crippen LogP) is 4.13. The van der Waals surface area contributed by atoms with Crippen LogP contribution >= 0.6 is 0 Å². The van der Waals surface area contributed by atoms with Crippen molar-refractivity contribution in [2.45, 2.75) is 46.5 Å². The van der Waals surface area contributed by atoms with Crippen molar-refractivity contribution in [3.8, 4) is 0 Å². The molecule has 0 aliphatic heterocycles. The van der Waals surface area contributed by atoms with E-state index in [1.807, 2.05) is 6.26 Å². The van der Waals surface area contributed by atoms with Gasteiger partial charge in [-0.25, -0.2) is 0 Å². The van der Waals surface area contributed by atoms with Crippen LogP contribution in [0.3, 0.4) is 0 Å². The number of aryl methyl sites for hydroxylation is 1. The maximum Gasteiger partial charge on any atom is 0.107 e. The van der Waals surface area contributed by atoms with Gasteiger partial charge in [0.2, 0.25) is 0 Å². The number of rotatable bonds is 4. The largest absolute Gasteiger partial charge is 0.469 e. The van der Waals surface area contributed by atoms with Crippen molar-refractivity contribution in [3.05, 3.63) is 23.7 Å². The molecule has 1 heterocycles. The average molecular weight is 180 g/mol. The Morgan fingerprint density at radius 1 is 1.31 bits per heavy atom. The van der Waals surface area contributed by atoms with Gasteiger partial charge in [-0.2, -0.15) is 0 Å². The van der Waals surface area contributed by atoms with Gasteiger partial charge in [-0.15, -0.1) is 0 Å². The molecular weight excluding hydrogens is 160 g/mol. The summed E-state index contributed by atoms with van der Waals surface area (Å²) >= 11 is 0. The molecule has 0 radical (unpaired) electrons. The van der Waals surface area contributed by atoms with Gasteiger partial charge in [0.15, 0.2) is 0 Å². The zero-order valence-corrected chi connectivity index (χ0v) is 9.13. The van der Waals surface area contributed by atoms with Crippen molar-refractivity contribution < 1.29 is 4.42 Å². The van der Waals surface area contributed by atoms with E-state index in [-0.39, 0.29) is 0 Å². The van der Waals surface area contributed by atoms with Crippen LogP contribution in [0, 0.1) is 12.8 Å². The SMILES string of the molecule is CCC(C)[C@H](CC)c1cc(C)co1. The Morgan fingerprint density at radius 3 is 2.38 bits per heavy atom. The molecule has 0 aliphatic carbocycles. The lowest BCUT2D eigenvalue weighted by Gasteiger charge is -2.18. The van der Waals surface area contributed by atoms with Crippen molar-refractivity contribution >= 4 is 0 Å². The van der Waals surface area contributed by atoms with E-state index >= 15 is 0 Å². The normalized spacial score (nSPS) is 15.7. The first kappa shape index (κ1) is 10.4. The minimum Gasteiger partial charge on any atom is -0.469 e. The highest BCUT2D eigenvalue weighted by molar-refractivity contribution is 5.14. The first-order chi connectivity index (χ1) is 6.19. The maximum atomic E-state index is 5.54. The third kappa shape index (κ3) is 2.36. The zero-order chi connectivity index (χ0) is 9.84. The molecule has 0 N–H and O–H groups in total.